The Labute approximate surface area is 115 Å². The average molecular weight is 268 g/mol. The van der Waals surface area contributed by atoms with E-state index in [2.05, 4.69) is 9.97 Å². The predicted molar refractivity (Wildman–Crippen MR) is 74.6 cm³/mol. The van der Waals surface area contributed by atoms with Crippen LogP contribution in [0.25, 0.3) is 10.9 Å². The highest BCUT2D eigenvalue weighted by Gasteiger charge is 2.15. The maximum atomic E-state index is 13.6. The molecule has 2 aromatic heterocycles. The molecule has 0 aliphatic carbocycles. The summed E-state index contributed by atoms with van der Waals surface area (Å²) in [6.07, 6.45) is 2.50. The Morgan fingerprint density at radius 1 is 1.00 bits per heavy atom. The molecule has 2 heterocycles. The van der Waals surface area contributed by atoms with Gasteiger partial charge in [0.2, 0.25) is 0 Å². The highest BCUT2D eigenvalue weighted by Crippen LogP contribution is 2.23. The van der Waals surface area contributed by atoms with E-state index in [9.17, 15) is 9.50 Å². The molecule has 0 saturated carbocycles. The summed E-state index contributed by atoms with van der Waals surface area (Å²) in [6, 6.07) is 12.3. The van der Waals surface area contributed by atoms with Crippen LogP contribution in [0, 0.1) is 5.82 Å². The Morgan fingerprint density at radius 2 is 1.85 bits per heavy atom. The van der Waals surface area contributed by atoms with E-state index in [-0.39, 0.29) is 5.69 Å². The summed E-state index contributed by atoms with van der Waals surface area (Å²) < 4.78 is 13.6. The van der Waals surface area contributed by atoms with Crippen LogP contribution in [-0.2, 0) is 6.42 Å². The van der Waals surface area contributed by atoms with E-state index in [1.54, 1.807) is 6.20 Å². The van der Waals surface area contributed by atoms with Crippen molar-refractivity contribution in [3.8, 4) is 0 Å². The lowest BCUT2D eigenvalue weighted by atomic mass is 10.0. The minimum atomic E-state index is -0.970. The number of aromatic nitrogens is 2. The van der Waals surface area contributed by atoms with Gasteiger partial charge in [-0.3, -0.25) is 9.97 Å². The zero-order valence-electron chi connectivity index (χ0n) is 10.7. The van der Waals surface area contributed by atoms with Gasteiger partial charge < -0.3 is 5.11 Å². The Balaban J connectivity index is 1.96. The number of hydrogen-bond acceptors (Lipinski definition) is 3. The van der Waals surface area contributed by atoms with Gasteiger partial charge in [0.25, 0.3) is 0 Å². The highest BCUT2D eigenvalue weighted by molar-refractivity contribution is 5.81. The first-order valence-electron chi connectivity index (χ1n) is 6.37. The number of hydrogen-bond donors (Lipinski definition) is 1. The zero-order valence-corrected chi connectivity index (χ0v) is 10.7. The molecule has 0 fully saturated rings. The maximum Gasteiger partial charge on any atom is 0.147 e. The van der Waals surface area contributed by atoms with Crippen LogP contribution >= 0.6 is 0 Å². The highest BCUT2D eigenvalue weighted by atomic mass is 19.1. The SMILES string of the molecule is OC(Cc1ccnc2ccccc12)c1ncccc1F. The smallest absolute Gasteiger partial charge is 0.147 e. The van der Waals surface area contributed by atoms with Crippen LogP contribution in [0.3, 0.4) is 0 Å². The van der Waals surface area contributed by atoms with Crippen molar-refractivity contribution in [2.45, 2.75) is 12.5 Å². The van der Waals surface area contributed by atoms with Crippen LogP contribution in [0.1, 0.15) is 17.4 Å². The van der Waals surface area contributed by atoms with Crippen molar-refractivity contribution in [2.24, 2.45) is 0 Å². The molecule has 20 heavy (non-hydrogen) atoms. The minimum absolute atomic E-state index is 0.0772. The first kappa shape index (κ1) is 12.7. The van der Waals surface area contributed by atoms with Crippen LogP contribution in [0.4, 0.5) is 4.39 Å². The van der Waals surface area contributed by atoms with Gasteiger partial charge >= 0.3 is 0 Å². The van der Waals surface area contributed by atoms with Gasteiger partial charge in [0.05, 0.1) is 5.52 Å². The molecule has 1 aromatic carbocycles. The summed E-state index contributed by atoms with van der Waals surface area (Å²) in [7, 11) is 0. The second-order valence-corrected chi connectivity index (χ2v) is 4.58. The molecule has 0 radical (unpaired) electrons. The standard InChI is InChI=1S/C16H13FN2O/c17-13-5-3-8-19-16(13)15(20)10-11-7-9-18-14-6-2-1-4-12(11)14/h1-9,15,20H,10H2. The molecule has 0 spiro atoms. The molecular formula is C16H13FN2O. The van der Waals surface area contributed by atoms with E-state index in [1.165, 1.54) is 18.3 Å². The first-order valence-corrected chi connectivity index (χ1v) is 6.37. The number of aliphatic hydroxyl groups is 1. The molecule has 3 nitrogen and oxygen atoms in total. The third kappa shape index (κ3) is 2.38. The number of para-hydroxylation sites is 1. The molecule has 3 aromatic rings. The third-order valence-corrected chi connectivity index (χ3v) is 3.26. The lowest BCUT2D eigenvalue weighted by molar-refractivity contribution is 0.168. The summed E-state index contributed by atoms with van der Waals surface area (Å²) in [6.45, 7) is 0. The van der Waals surface area contributed by atoms with Crippen molar-refractivity contribution < 1.29 is 9.50 Å². The maximum absolute atomic E-state index is 13.6. The van der Waals surface area contributed by atoms with Crippen molar-refractivity contribution in [2.75, 3.05) is 0 Å². The van der Waals surface area contributed by atoms with Crippen molar-refractivity contribution in [1.82, 2.24) is 9.97 Å². The van der Waals surface area contributed by atoms with Gasteiger partial charge in [-0.2, -0.15) is 0 Å². The zero-order chi connectivity index (χ0) is 13.9. The number of rotatable bonds is 3. The molecule has 4 heteroatoms. The quantitative estimate of drug-likeness (QED) is 0.794. The molecule has 0 aliphatic heterocycles. The summed E-state index contributed by atoms with van der Waals surface area (Å²) in [5.41, 5.74) is 1.86. The van der Waals surface area contributed by atoms with E-state index in [0.717, 1.165) is 16.5 Å². The number of aliphatic hydroxyl groups excluding tert-OH is 1. The van der Waals surface area contributed by atoms with Crippen molar-refractivity contribution in [1.29, 1.82) is 0 Å². The van der Waals surface area contributed by atoms with E-state index < -0.39 is 11.9 Å². The summed E-state index contributed by atoms with van der Waals surface area (Å²) >= 11 is 0. The predicted octanol–water partition coefficient (Wildman–Crippen LogP) is 3.05. The summed E-state index contributed by atoms with van der Waals surface area (Å²) in [4.78, 5) is 8.18. The number of fused-ring (bicyclic) bond motifs is 1. The fraction of sp³-hybridized carbons (Fsp3) is 0.125. The molecule has 3 rings (SSSR count). The van der Waals surface area contributed by atoms with Gasteiger partial charge in [0.15, 0.2) is 0 Å². The van der Waals surface area contributed by atoms with Gasteiger partial charge in [-0.1, -0.05) is 18.2 Å². The molecule has 1 atom stereocenters. The monoisotopic (exact) mass is 268 g/mol. The van der Waals surface area contributed by atoms with Gasteiger partial charge in [-0.15, -0.1) is 0 Å². The van der Waals surface area contributed by atoms with Crippen molar-refractivity contribution in [3.05, 3.63) is 71.9 Å². The Morgan fingerprint density at radius 3 is 2.70 bits per heavy atom. The number of nitrogens with zero attached hydrogens (tertiary/aromatic N) is 2. The second kappa shape index (κ2) is 5.35. The van der Waals surface area contributed by atoms with Crippen LogP contribution < -0.4 is 0 Å². The van der Waals surface area contributed by atoms with Crippen LogP contribution in [0.15, 0.2) is 54.9 Å². The van der Waals surface area contributed by atoms with Crippen LogP contribution in [-0.4, -0.2) is 15.1 Å². The largest absolute Gasteiger partial charge is 0.386 e. The molecule has 0 aliphatic rings. The molecule has 0 bridgehead atoms. The average Bonchev–Trinajstić information content (AvgIpc) is 2.48. The minimum Gasteiger partial charge on any atom is -0.386 e. The van der Waals surface area contributed by atoms with Crippen molar-refractivity contribution in [3.63, 3.8) is 0 Å². The second-order valence-electron chi connectivity index (χ2n) is 4.58. The van der Waals surface area contributed by atoms with E-state index in [4.69, 9.17) is 0 Å². The number of benzene rings is 1. The van der Waals surface area contributed by atoms with Gasteiger partial charge in [0.1, 0.15) is 17.6 Å². The van der Waals surface area contributed by atoms with E-state index in [1.807, 2.05) is 30.3 Å². The molecule has 0 amide bonds. The Hall–Kier alpha value is -2.33. The topological polar surface area (TPSA) is 46.0 Å². The lowest BCUT2D eigenvalue weighted by Crippen LogP contribution is -2.07. The van der Waals surface area contributed by atoms with Gasteiger partial charge in [0, 0.05) is 24.2 Å². The lowest BCUT2D eigenvalue weighted by Gasteiger charge is -2.12. The Kier molecular flexibility index (Phi) is 3.39. The molecule has 1 N–H and O–H groups in total. The van der Waals surface area contributed by atoms with Crippen molar-refractivity contribution >= 4 is 10.9 Å². The molecule has 100 valence electrons. The number of pyridine rings is 2. The fourth-order valence-corrected chi connectivity index (χ4v) is 2.28. The summed E-state index contributed by atoms with van der Waals surface area (Å²) in [5, 5.41) is 11.2. The van der Waals surface area contributed by atoms with Gasteiger partial charge in [-0.05, 0) is 29.8 Å². The molecular weight excluding hydrogens is 255 g/mol. The summed E-state index contributed by atoms with van der Waals surface area (Å²) in [5.74, 6) is -0.488. The third-order valence-electron chi connectivity index (χ3n) is 3.26. The normalized spacial score (nSPS) is 12.5. The first-order chi connectivity index (χ1) is 9.75. The van der Waals surface area contributed by atoms with Crippen LogP contribution in [0.5, 0.6) is 0 Å². The van der Waals surface area contributed by atoms with E-state index in [0.29, 0.717) is 6.42 Å². The van der Waals surface area contributed by atoms with Gasteiger partial charge in [-0.25, -0.2) is 4.39 Å². The Bertz CT molecular complexity index is 740. The molecule has 1 unspecified atom stereocenters. The fourth-order valence-electron chi connectivity index (χ4n) is 2.28. The number of halogens is 1. The molecule has 0 saturated heterocycles. The van der Waals surface area contributed by atoms with Crippen LogP contribution in [0.2, 0.25) is 0 Å². The van der Waals surface area contributed by atoms with E-state index >= 15 is 0 Å².